The predicted octanol–water partition coefficient (Wildman–Crippen LogP) is 2.34. The molecule has 0 saturated carbocycles. The molecule has 4 nitrogen and oxygen atoms in total. The molecule has 0 N–H and O–H groups in total. The molecule has 0 aliphatic heterocycles. The summed E-state index contributed by atoms with van der Waals surface area (Å²) in [6, 6.07) is 7.69. The van der Waals surface area contributed by atoms with Crippen molar-refractivity contribution in [3.8, 4) is 0 Å². The molecule has 0 unspecified atom stereocenters. The smallest absolute Gasteiger partial charge is 0.187 e. The molecule has 0 atom stereocenters. The summed E-state index contributed by atoms with van der Waals surface area (Å²) in [6.45, 7) is 0. The van der Waals surface area contributed by atoms with Crippen LogP contribution in [0.5, 0.6) is 0 Å². The first-order valence-corrected chi connectivity index (χ1v) is 7.55. The van der Waals surface area contributed by atoms with Gasteiger partial charge in [0.15, 0.2) is 15.6 Å². The molecule has 0 amide bonds. The fourth-order valence-electron chi connectivity index (χ4n) is 1.70. The van der Waals surface area contributed by atoms with Crippen molar-refractivity contribution in [2.45, 2.75) is 4.90 Å². The standard InChI is InChI=1S/C13H12ClNO3S/c1-15-7-6-10(8-15)12(16)9-19(17,18)13-5-3-2-4-11(13)14/h2-8H,9H2,1H3. The molecule has 1 heterocycles. The van der Waals surface area contributed by atoms with Gasteiger partial charge in [-0.2, -0.15) is 0 Å². The molecular formula is C13H12ClNO3S. The first-order valence-electron chi connectivity index (χ1n) is 5.52. The maximum atomic E-state index is 12.1. The van der Waals surface area contributed by atoms with Crippen molar-refractivity contribution in [2.24, 2.45) is 7.05 Å². The van der Waals surface area contributed by atoms with E-state index in [-0.39, 0.29) is 9.92 Å². The van der Waals surface area contributed by atoms with Crippen LogP contribution in [-0.2, 0) is 16.9 Å². The number of Topliss-reactive ketones (excluding diaryl/α,β-unsaturated/α-hetero) is 1. The van der Waals surface area contributed by atoms with E-state index in [9.17, 15) is 13.2 Å². The van der Waals surface area contributed by atoms with E-state index in [1.807, 2.05) is 0 Å². The van der Waals surface area contributed by atoms with E-state index in [0.717, 1.165) is 0 Å². The van der Waals surface area contributed by atoms with Gasteiger partial charge in [0.2, 0.25) is 0 Å². The quantitative estimate of drug-likeness (QED) is 0.814. The molecule has 0 radical (unpaired) electrons. The third kappa shape index (κ3) is 3.05. The zero-order valence-electron chi connectivity index (χ0n) is 10.2. The van der Waals surface area contributed by atoms with Gasteiger partial charge in [0.05, 0.1) is 9.92 Å². The summed E-state index contributed by atoms with van der Waals surface area (Å²) in [5.41, 5.74) is 0.373. The lowest BCUT2D eigenvalue weighted by molar-refractivity contribution is 0.102. The number of sulfone groups is 1. The molecule has 0 spiro atoms. The number of hydrogen-bond donors (Lipinski definition) is 0. The largest absolute Gasteiger partial charge is 0.357 e. The highest BCUT2D eigenvalue weighted by atomic mass is 35.5. The van der Waals surface area contributed by atoms with Crippen LogP contribution in [0.1, 0.15) is 10.4 Å². The number of benzene rings is 1. The van der Waals surface area contributed by atoms with Gasteiger partial charge in [0, 0.05) is 25.0 Å². The Balaban J connectivity index is 2.28. The lowest BCUT2D eigenvalue weighted by atomic mass is 10.2. The van der Waals surface area contributed by atoms with E-state index in [1.165, 1.54) is 12.1 Å². The Bertz CT molecular complexity index is 719. The molecule has 0 bridgehead atoms. The maximum absolute atomic E-state index is 12.1. The van der Waals surface area contributed by atoms with Crippen LogP contribution in [0.4, 0.5) is 0 Å². The van der Waals surface area contributed by atoms with Gasteiger partial charge in [-0.3, -0.25) is 4.79 Å². The highest BCUT2D eigenvalue weighted by molar-refractivity contribution is 7.92. The second-order valence-electron chi connectivity index (χ2n) is 4.18. The van der Waals surface area contributed by atoms with Crippen LogP contribution in [0.25, 0.3) is 0 Å². The van der Waals surface area contributed by atoms with Crippen molar-refractivity contribution in [1.82, 2.24) is 4.57 Å². The molecular weight excluding hydrogens is 286 g/mol. The number of carbonyl (C=O) groups excluding carboxylic acids is 1. The second-order valence-corrected chi connectivity index (χ2v) is 6.54. The molecule has 2 rings (SSSR count). The Morgan fingerprint density at radius 2 is 1.95 bits per heavy atom. The molecule has 0 fully saturated rings. The van der Waals surface area contributed by atoms with Crippen LogP contribution in [0.2, 0.25) is 5.02 Å². The summed E-state index contributed by atoms with van der Waals surface area (Å²) >= 11 is 5.85. The minimum atomic E-state index is -3.72. The molecule has 1 aromatic carbocycles. The van der Waals surface area contributed by atoms with Crippen molar-refractivity contribution in [2.75, 3.05) is 5.75 Å². The SMILES string of the molecule is Cn1ccc(C(=O)CS(=O)(=O)c2ccccc2Cl)c1. The van der Waals surface area contributed by atoms with Crippen LogP contribution in [0, 0.1) is 0 Å². The summed E-state index contributed by atoms with van der Waals surface area (Å²) in [5.74, 6) is -1.03. The summed E-state index contributed by atoms with van der Waals surface area (Å²) in [6.07, 6.45) is 3.28. The zero-order chi connectivity index (χ0) is 14.0. The predicted molar refractivity (Wildman–Crippen MR) is 73.2 cm³/mol. The Hall–Kier alpha value is -1.59. The summed E-state index contributed by atoms with van der Waals surface area (Å²) < 4.78 is 26.0. The van der Waals surface area contributed by atoms with Crippen LogP contribution in [0.15, 0.2) is 47.6 Å². The number of halogens is 1. The van der Waals surface area contributed by atoms with E-state index in [4.69, 9.17) is 11.6 Å². The number of aromatic nitrogens is 1. The number of nitrogens with zero attached hydrogens (tertiary/aromatic N) is 1. The number of hydrogen-bond acceptors (Lipinski definition) is 3. The first-order chi connectivity index (χ1) is 8.90. The summed E-state index contributed by atoms with van der Waals surface area (Å²) in [4.78, 5) is 11.9. The van der Waals surface area contributed by atoms with Crippen molar-refractivity contribution in [3.63, 3.8) is 0 Å². The number of rotatable bonds is 4. The highest BCUT2D eigenvalue weighted by Gasteiger charge is 2.22. The third-order valence-electron chi connectivity index (χ3n) is 2.65. The van der Waals surface area contributed by atoms with Gasteiger partial charge in [-0.25, -0.2) is 8.42 Å². The lowest BCUT2D eigenvalue weighted by Gasteiger charge is -2.05. The number of ketones is 1. The Morgan fingerprint density at radius 1 is 1.26 bits per heavy atom. The molecule has 19 heavy (non-hydrogen) atoms. The van der Waals surface area contributed by atoms with Gasteiger partial charge in [-0.05, 0) is 18.2 Å². The Labute approximate surface area is 116 Å². The molecule has 6 heteroatoms. The number of carbonyl (C=O) groups is 1. The highest BCUT2D eigenvalue weighted by Crippen LogP contribution is 2.22. The third-order valence-corrected chi connectivity index (χ3v) is 4.76. The molecule has 100 valence electrons. The van der Waals surface area contributed by atoms with Crippen LogP contribution in [0.3, 0.4) is 0 Å². The van der Waals surface area contributed by atoms with E-state index >= 15 is 0 Å². The molecule has 0 aliphatic carbocycles. The van der Waals surface area contributed by atoms with Crippen LogP contribution < -0.4 is 0 Å². The van der Waals surface area contributed by atoms with Crippen molar-refractivity contribution in [3.05, 3.63) is 53.3 Å². The van der Waals surface area contributed by atoms with E-state index in [1.54, 1.807) is 42.2 Å². The summed E-state index contributed by atoms with van der Waals surface area (Å²) in [7, 11) is -1.96. The van der Waals surface area contributed by atoms with Crippen LogP contribution >= 0.6 is 11.6 Å². The second kappa shape index (κ2) is 5.19. The minimum absolute atomic E-state index is 0.0130. The first kappa shape index (κ1) is 13.8. The number of aryl methyl sites for hydroxylation is 1. The average Bonchev–Trinajstić information content (AvgIpc) is 2.76. The minimum Gasteiger partial charge on any atom is -0.357 e. The normalized spacial score (nSPS) is 11.5. The van der Waals surface area contributed by atoms with Gasteiger partial charge in [0.25, 0.3) is 0 Å². The monoisotopic (exact) mass is 297 g/mol. The lowest BCUT2D eigenvalue weighted by Crippen LogP contribution is -2.16. The topological polar surface area (TPSA) is 56.1 Å². The van der Waals surface area contributed by atoms with Gasteiger partial charge < -0.3 is 4.57 Å². The average molecular weight is 298 g/mol. The fourth-order valence-corrected chi connectivity index (χ4v) is 3.51. The zero-order valence-corrected chi connectivity index (χ0v) is 11.8. The molecule has 1 aromatic heterocycles. The van der Waals surface area contributed by atoms with Gasteiger partial charge in [0.1, 0.15) is 5.75 Å². The fraction of sp³-hybridized carbons (Fsp3) is 0.154. The van der Waals surface area contributed by atoms with E-state index in [0.29, 0.717) is 5.56 Å². The van der Waals surface area contributed by atoms with E-state index in [2.05, 4.69) is 0 Å². The summed E-state index contributed by atoms with van der Waals surface area (Å²) in [5, 5.41) is 0.128. The molecule has 2 aromatic rings. The molecule has 0 aliphatic rings. The Morgan fingerprint density at radius 3 is 2.53 bits per heavy atom. The van der Waals surface area contributed by atoms with Gasteiger partial charge >= 0.3 is 0 Å². The maximum Gasteiger partial charge on any atom is 0.187 e. The van der Waals surface area contributed by atoms with Gasteiger partial charge in [-0.15, -0.1) is 0 Å². The van der Waals surface area contributed by atoms with E-state index < -0.39 is 21.4 Å². The van der Waals surface area contributed by atoms with Gasteiger partial charge in [-0.1, -0.05) is 23.7 Å². The molecule has 0 saturated heterocycles. The van der Waals surface area contributed by atoms with Crippen LogP contribution in [-0.4, -0.2) is 24.5 Å². The van der Waals surface area contributed by atoms with Crippen molar-refractivity contribution < 1.29 is 13.2 Å². The Kier molecular flexibility index (Phi) is 3.78. The van der Waals surface area contributed by atoms with Crippen molar-refractivity contribution >= 4 is 27.2 Å². The van der Waals surface area contributed by atoms with Crippen molar-refractivity contribution in [1.29, 1.82) is 0 Å².